The molecule has 2 aromatic rings. The van der Waals surface area contributed by atoms with Crippen LogP contribution in [-0.4, -0.2) is 7.05 Å². The van der Waals surface area contributed by atoms with Crippen LogP contribution in [0.3, 0.4) is 0 Å². The van der Waals surface area contributed by atoms with Gasteiger partial charge in [-0.25, -0.2) is 4.39 Å². The van der Waals surface area contributed by atoms with Crippen LogP contribution in [0.4, 0.5) is 15.8 Å². The minimum atomic E-state index is -0.313. The monoisotopic (exact) mass is 386 g/mol. The highest BCUT2D eigenvalue weighted by molar-refractivity contribution is 9.10. The van der Waals surface area contributed by atoms with Crippen molar-refractivity contribution in [1.82, 2.24) is 0 Å². The van der Waals surface area contributed by atoms with E-state index >= 15 is 0 Å². The highest BCUT2D eigenvalue weighted by Crippen LogP contribution is 2.29. The van der Waals surface area contributed by atoms with Crippen LogP contribution in [0.2, 0.25) is 0 Å². The summed E-state index contributed by atoms with van der Waals surface area (Å²) in [5, 5.41) is 0. The molecule has 0 aliphatic rings. The summed E-state index contributed by atoms with van der Waals surface area (Å²) < 4.78 is 15.0. The number of hydrogen-bond acceptors (Lipinski definition) is 2. The van der Waals surface area contributed by atoms with E-state index in [1.165, 1.54) is 6.07 Å². The molecule has 0 saturated carbocycles. The Labute approximate surface area is 128 Å². The first-order valence-corrected chi connectivity index (χ1v) is 7.26. The van der Waals surface area contributed by atoms with Crippen LogP contribution in [-0.2, 0) is 6.54 Å². The summed E-state index contributed by atoms with van der Waals surface area (Å²) in [4.78, 5) is 1.92. The fraction of sp³-hybridized carbons (Fsp3) is 0.143. The molecule has 0 radical (unpaired) electrons. The van der Waals surface area contributed by atoms with Crippen molar-refractivity contribution in [3.05, 3.63) is 56.7 Å². The third kappa shape index (κ3) is 3.48. The zero-order chi connectivity index (χ0) is 14.0. The molecule has 2 aromatic carbocycles. The van der Waals surface area contributed by atoms with Crippen molar-refractivity contribution in [3.8, 4) is 0 Å². The second-order valence-electron chi connectivity index (χ2n) is 4.31. The molecule has 19 heavy (non-hydrogen) atoms. The molecule has 0 saturated heterocycles. The van der Waals surface area contributed by atoms with E-state index in [1.54, 1.807) is 6.07 Å². The summed E-state index contributed by atoms with van der Waals surface area (Å²) in [5.74, 6) is -0.313. The lowest BCUT2D eigenvalue weighted by Crippen LogP contribution is -2.18. The molecule has 0 heterocycles. The van der Waals surface area contributed by atoms with Crippen molar-refractivity contribution in [3.63, 3.8) is 0 Å². The predicted octanol–water partition coefficient (Wildman–Crippen LogP) is 4.57. The average molecular weight is 388 g/mol. The highest BCUT2D eigenvalue weighted by Gasteiger charge is 2.10. The van der Waals surface area contributed by atoms with Crippen molar-refractivity contribution >= 4 is 43.2 Å². The normalized spacial score (nSPS) is 10.5. The number of halogens is 3. The molecule has 0 atom stereocenters. The zero-order valence-corrected chi connectivity index (χ0v) is 13.5. The Balaban J connectivity index is 2.22. The molecule has 0 aliphatic carbocycles. The summed E-state index contributed by atoms with van der Waals surface area (Å²) in [5.41, 5.74) is 8.29. The number of rotatable bonds is 3. The quantitative estimate of drug-likeness (QED) is 0.781. The van der Waals surface area contributed by atoms with Gasteiger partial charge in [-0.15, -0.1) is 0 Å². The van der Waals surface area contributed by atoms with E-state index in [-0.39, 0.29) is 5.82 Å². The number of benzene rings is 2. The third-order valence-electron chi connectivity index (χ3n) is 2.81. The second kappa shape index (κ2) is 5.92. The summed E-state index contributed by atoms with van der Waals surface area (Å²) in [6.45, 7) is 0.665. The van der Waals surface area contributed by atoms with Gasteiger partial charge in [0.1, 0.15) is 5.82 Å². The number of nitrogens with two attached hydrogens (primary N) is 1. The fourth-order valence-corrected chi connectivity index (χ4v) is 2.46. The first kappa shape index (κ1) is 14.3. The molecule has 0 aromatic heterocycles. The summed E-state index contributed by atoms with van der Waals surface area (Å²) in [7, 11) is 1.89. The van der Waals surface area contributed by atoms with Gasteiger partial charge in [-0.1, -0.05) is 28.1 Å². The summed E-state index contributed by atoms with van der Waals surface area (Å²) in [6.07, 6.45) is 0. The van der Waals surface area contributed by atoms with Gasteiger partial charge >= 0.3 is 0 Å². The van der Waals surface area contributed by atoms with Crippen LogP contribution in [0.15, 0.2) is 45.3 Å². The molecule has 2 N–H and O–H groups in total. The van der Waals surface area contributed by atoms with E-state index in [4.69, 9.17) is 5.73 Å². The van der Waals surface area contributed by atoms with Crippen LogP contribution in [0.5, 0.6) is 0 Å². The van der Waals surface area contributed by atoms with Crippen molar-refractivity contribution in [2.45, 2.75) is 6.54 Å². The lowest BCUT2D eigenvalue weighted by atomic mass is 10.2. The van der Waals surface area contributed by atoms with Crippen molar-refractivity contribution in [2.75, 3.05) is 17.7 Å². The van der Waals surface area contributed by atoms with Gasteiger partial charge in [-0.2, -0.15) is 0 Å². The first-order valence-electron chi connectivity index (χ1n) is 5.67. The Morgan fingerprint density at radius 1 is 1.16 bits per heavy atom. The lowest BCUT2D eigenvalue weighted by Gasteiger charge is -2.21. The summed E-state index contributed by atoms with van der Waals surface area (Å²) in [6, 6.07) is 11.0. The number of nitrogens with zero attached hydrogens (tertiary/aromatic N) is 1. The molecule has 0 fully saturated rings. The second-order valence-corrected chi connectivity index (χ2v) is 6.08. The number of hydrogen-bond donors (Lipinski definition) is 1. The van der Waals surface area contributed by atoms with Crippen LogP contribution >= 0.6 is 31.9 Å². The van der Waals surface area contributed by atoms with Gasteiger partial charge in [-0.3, -0.25) is 0 Å². The molecule has 0 spiro atoms. The highest BCUT2D eigenvalue weighted by atomic mass is 79.9. The van der Waals surface area contributed by atoms with Gasteiger partial charge in [0.2, 0.25) is 0 Å². The SMILES string of the molecule is CN(Cc1ccc(Br)cc1)c1cc(F)c(Br)cc1N. The molecule has 0 amide bonds. The minimum Gasteiger partial charge on any atom is -0.397 e. The largest absolute Gasteiger partial charge is 0.397 e. The third-order valence-corrected chi connectivity index (χ3v) is 3.95. The number of anilines is 2. The Bertz CT molecular complexity index is 585. The Kier molecular flexibility index (Phi) is 4.47. The van der Waals surface area contributed by atoms with E-state index in [1.807, 2.05) is 36.2 Å². The van der Waals surface area contributed by atoms with Crippen LogP contribution in [0, 0.1) is 5.82 Å². The average Bonchev–Trinajstić information content (AvgIpc) is 2.36. The number of nitrogen functional groups attached to an aromatic ring is 1. The Morgan fingerprint density at radius 2 is 1.79 bits per heavy atom. The Morgan fingerprint density at radius 3 is 2.42 bits per heavy atom. The lowest BCUT2D eigenvalue weighted by molar-refractivity contribution is 0.620. The molecule has 0 bridgehead atoms. The maximum absolute atomic E-state index is 13.6. The van der Waals surface area contributed by atoms with E-state index in [0.29, 0.717) is 22.4 Å². The molecule has 100 valence electrons. The molecule has 2 nitrogen and oxygen atoms in total. The van der Waals surface area contributed by atoms with E-state index in [0.717, 1.165) is 10.0 Å². The van der Waals surface area contributed by atoms with E-state index < -0.39 is 0 Å². The van der Waals surface area contributed by atoms with Crippen LogP contribution in [0.25, 0.3) is 0 Å². The first-order chi connectivity index (χ1) is 8.97. The van der Waals surface area contributed by atoms with Crippen LogP contribution in [0.1, 0.15) is 5.56 Å². The fourth-order valence-electron chi connectivity index (χ4n) is 1.83. The van der Waals surface area contributed by atoms with Crippen molar-refractivity contribution < 1.29 is 4.39 Å². The topological polar surface area (TPSA) is 29.3 Å². The van der Waals surface area contributed by atoms with E-state index in [9.17, 15) is 4.39 Å². The van der Waals surface area contributed by atoms with Gasteiger partial charge in [0.05, 0.1) is 15.8 Å². The molecule has 5 heteroatoms. The van der Waals surface area contributed by atoms with Crippen LogP contribution < -0.4 is 10.6 Å². The smallest absolute Gasteiger partial charge is 0.139 e. The zero-order valence-electron chi connectivity index (χ0n) is 10.3. The van der Waals surface area contributed by atoms with Crippen molar-refractivity contribution in [1.29, 1.82) is 0 Å². The molecule has 0 aliphatic heterocycles. The molecular formula is C14H13Br2FN2. The van der Waals surface area contributed by atoms with Gasteiger partial charge in [0.15, 0.2) is 0 Å². The standard InChI is InChI=1S/C14H13Br2FN2/c1-19(8-9-2-4-10(15)5-3-9)14-7-12(17)11(16)6-13(14)18/h2-7H,8,18H2,1H3. The van der Waals surface area contributed by atoms with Gasteiger partial charge < -0.3 is 10.6 Å². The maximum atomic E-state index is 13.6. The van der Waals surface area contributed by atoms with Gasteiger partial charge in [-0.05, 0) is 39.7 Å². The van der Waals surface area contributed by atoms with Gasteiger partial charge in [0, 0.05) is 24.1 Å². The molecule has 2 rings (SSSR count). The van der Waals surface area contributed by atoms with Crippen molar-refractivity contribution in [2.24, 2.45) is 0 Å². The minimum absolute atomic E-state index is 0.313. The molecular weight excluding hydrogens is 375 g/mol. The maximum Gasteiger partial charge on any atom is 0.139 e. The summed E-state index contributed by atoms with van der Waals surface area (Å²) >= 11 is 6.52. The molecule has 0 unspecified atom stereocenters. The van der Waals surface area contributed by atoms with E-state index in [2.05, 4.69) is 31.9 Å². The Hall–Kier alpha value is -1.07. The van der Waals surface area contributed by atoms with Gasteiger partial charge in [0.25, 0.3) is 0 Å². The predicted molar refractivity (Wildman–Crippen MR) is 84.8 cm³/mol.